The fourth-order valence-corrected chi connectivity index (χ4v) is 7.14. The van der Waals surface area contributed by atoms with Crippen molar-refractivity contribution in [3.05, 3.63) is 96.1 Å². The molecular formula is C42H54CaO10S2. The summed E-state index contributed by atoms with van der Waals surface area (Å²) in [4.78, 5) is -1.05. The summed E-state index contributed by atoms with van der Waals surface area (Å²) in [5, 5.41) is 23.3. The molecule has 296 valence electrons. The van der Waals surface area contributed by atoms with Gasteiger partial charge in [-0.25, -0.2) is 8.42 Å². The molecule has 0 aliphatic rings. The number of benzene rings is 4. The van der Waals surface area contributed by atoms with Gasteiger partial charge < -0.3 is 24.2 Å². The zero-order chi connectivity index (χ0) is 39.4. The Kier molecular flexibility index (Phi) is 22.3. The van der Waals surface area contributed by atoms with Crippen molar-refractivity contribution < 1.29 is 45.6 Å². The number of hydrogen-bond donors (Lipinski definition) is 2. The Balaban J connectivity index is 0.000000373. The average Bonchev–Trinajstić information content (AvgIpc) is 3.14. The molecule has 0 atom stereocenters. The molecule has 0 saturated heterocycles. The van der Waals surface area contributed by atoms with Gasteiger partial charge in [0.25, 0.3) is 10.1 Å². The number of phenols is 1. The van der Waals surface area contributed by atoms with Crippen LogP contribution < -0.4 is 14.6 Å². The van der Waals surface area contributed by atoms with Crippen LogP contribution >= 0.6 is 0 Å². The van der Waals surface area contributed by atoms with E-state index >= 15 is 0 Å². The number of unbranched alkanes of at least 4 members (excludes halogenated alkanes) is 12. The smallest absolute Gasteiger partial charge is 0.870 e. The van der Waals surface area contributed by atoms with Crippen LogP contribution in [0.1, 0.15) is 115 Å². The molecule has 0 aliphatic carbocycles. The van der Waals surface area contributed by atoms with E-state index in [1.165, 1.54) is 75.6 Å². The maximum Gasteiger partial charge on any atom is 2.00 e. The Bertz CT molecular complexity index is 1780. The van der Waals surface area contributed by atoms with E-state index < -0.39 is 41.5 Å². The first kappa shape index (κ1) is 48.3. The summed E-state index contributed by atoms with van der Waals surface area (Å²) in [5.41, 5.74) is 1.09. The first-order valence-electron chi connectivity index (χ1n) is 18.9. The minimum atomic E-state index is -4.81. The van der Waals surface area contributed by atoms with Gasteiger partial charge in [-0.15, -0.1) is 0 Å². The van der Waals surface area contributed by atoms with E-state index in [-0.39, 0.29) is 49.2 Å². The summed E-state index contributed by atoms with van der Waals surface area (Å²) >= 11 is 0. The standard InChI is InChI=1S/2C21H28O5S.Ca/c2*1-2-3-4-5-6-7-9-12-17-15-16-19(27(23,24)25)21(20(17)22)26-18-13-10-8-11-14-18;/h2*8,10-11,13-16,22H,2-7,9,12H2,1H3,(H,23,24,25);/q;;+2/p-2. The molecule has 0 unspecified atom stereocenters. The van der Waals surface area contributed by atoms with Crippen LogP contribution in [0.4, 0.5) is 0 Å². The minimum absolute atomic E-state index is 0. The first-order valence-corrected chi connectivity index (χ1v) is 21.8. The maximum absolute atomic E-state index is 12.7. The second kappa shape index (κ2) is 25.4. The van der Waals surface area contributed by atoms with Crippen molar-refractivity contribution in [2.45, 2.75) is 126 Å². The summed E-state index contributed by atoms with van der Waals surface area (Å²) in [6.07, 6.45) is 17.1. The molecule has 4 aromatic rings. The minimum Gasteiger partial charge on any atom is -0.870 e. The van der Waals surface area contributed by atoms with Gasteiger partial charge in [0.1, 0.15) is 32.3 Å². The normalized spacial score (nSPS) is 11.3. The predicted molar refractivity (Wildman–Crippen MR) is 214 cm³/mol. The Hall–Kier alpha value is -2.84. The second-order valence-corrected chi connectivity index (χ2v) is 16.0. The molecule has 0 bridgehead atoms. The predicted octanol–water partition coefficient (Wildman–Crippen LogP) is 10.1. The molecule has 4 aromatic carbocycles. The zero-order valence-electron chi connectivity index (χ0n) is 32.1. The fraction of sp³-hybridized carbons (Fsp3) is 0.429. The zero-order valence-corrected chi connectivity index (χ0v) is 35.9. The van der Waals surface area contributed by atoms with Crippen molar-refractivity contribution in [1.82, 2.24) is 0 Å². The molecule has 0 aliphatic heterocycles. The first-order chi connectivity index (χ1) is 25.9. The molecule has 0 radical (unpaired) electrons. The van der Waals surface area contributed by atoms with Crippen molar-refractivity contribution in [3.63, 3.8) is 0 Å². The summed E-state index contributed by atoms with van der Waals surface area (Å²) < 4.78 is 78.4. The maximum atomic E-state index is 12.7. The van der Waals surface area contributed by atoms with Crippen molar-refractivity contribution >= 4 is 58.0 Å². The van der Waals surface area contributed by atoms with Crippen LogP contribution in [-0.4, -0.2) is 68.8 Å². The van der Waals surface area contributed by atoms with Gasteiger partial charge in [0.15, 0.2) is 11.5 Å². The average molecular weight is 823 g/mol. The van der Waals surface area contributed by atoms with Gasteiger partial charge in [-0.05, 0) is 67.6 Å². The summed E-state index contributed by atoms with van der Waals surface area (Å²) in [6, 6.07) is 22.4. The van der Waals surface area contributed by atoms with Gasteiger partial charge in [-0.2, -0.15) is 8.42 Å². The van der Waals surface area contributed by atoms with Gasteiger partial charge in [-0.1, -0.05) is 151 Å². The third-order valence-corrected chi connectivity index (χ3v) is 10.6. The molecule has 13 heteroatoms. The molecule has 0 fully saturated rings. The molecule has 0 aromatic heterocycles. The van der Waals surface area contributed by atoms with Crippen LogP contribution in [0.3, 0.4) is 0 Å². The molecular weight excluding hydrogens is 769 g/mol. The molecule has 0 amide bonds. The SMILES string of the molecule is CCCCCCCCCc1ccc(S(=O)(=O)O)c(Oc2ccccc2)c1O.CCCCCCCCCc1ccc(S(=O)(=O)[O-])c(Oc2ccccc2)c1[O-].[Ca+2]. The van der Waals surface area contributed by atoms with Crippen LogP contribution in [0.2, 0.25) is 0 Å². The molecule has 55 heavy (non-hydrogen) atoms. The number of aromatic hydroxyl groups is 1. The third-order valence-electron chi connectivity index (χ3n) is 8.91. The fourth-order valence-electron chi connectivity index (χ4n) is 5.93. The monoisotopic (exact) mass is 822 g/mol. The van der Waals surface area contributed by atoms with E-state index in [0.717, 1.165) is 38.5 Å². The molecule has 0 saturated carbocycles. The van der Waals surface area contributed by atoms with Crippen molar-refractivity contribution in [2.24, 2.45) is 0 Å². The number of rotatable bonds is 22. The second-order valence-electron chi connectivity index (χ2n) is 13.3. The van der Waals surface area contributed by atoms with Crippen LogP contribution in [0.25, 0.3) is 0 Å². The quantitative estimate of drug-likeness (QED) is 0.0441. The summed E-state index contributed by atoms with van der Waals surface area (Å²) in [5.74, 6) is -0.708. The molecule has 4 rings (SSSR count). The van der Waals surface area contributed by atoms with E-state index in [9.17, 15) is 36.2 Å². The van der Waals surface area contributed by atoms with E-state index in [1.54, 1.807) is 60.7 Å². The van der Waals surface area contributed by atoms with Crippen LogP contribution in [0.5, 0.6) is 34.5 Å². The number of hydrogen-bond acceptors (Lipinski definition) is 9. The van der Waals surface area contributed by atoms with Gasteiger partial charge in [0.2, 0.25) is 0 Å². The number of aryl methyl sites for hydroxylation is 2. The van der Waals surface area contributed by atoms with E-state index in [0.29, 0.717) is 35.5 Å². The Morgan fingerprint density at radius 1 is 0.545 bits per heavy atom. The third kappa shape index (κ3) is 17.0. The molecule has 2 N–H and O–H groups in total. The van der Waals surface area contributed by atoms with E-state index in [2.05, 4.69) is 13.8 Å². The van der Waals surface area contributed by atoms with Gasteiger partial charge in [0.05, 0.1) is 4.90 Å². The molecule has 10 nitrogen and oxygen atoms in total. The Labute approximate surface area is 357 Å². The Morgan fingerprint density at radius 3 is 1.40 bits per heavy atom. The number of para-hydroxylation sites is 2. The van der Waals surface area contributed by atoms with Crippen LogP contribution in [0.15, 0.2) is 94.7 Å². The number of phenolic OH excluding ortho intramolecular Hbond substituents is 1. The molecule has 0 heterocycles. The number of ether oxygens (including phenoxy) is 2. The van der Waals surface area contributed by atoms with Crippen molar-refractivity contribution in [3.8, 4) is 34.5 Å². The van der Waals surface area contributed by atoms with E-state index in [4.69, 9.17) is 9.47 Å². The van der Waals surface area contributed by atoms with Gasteiger partial charge >= 0.3 is 37.7 Å². The topological polar surface area (TPSA) is 173 Å². The van der Waals surface area contributed by atoms with Crippen molar-refractivity contribution in [2.75, 3.05) is 0 Å². The summed E-state index contributed by atoms with van der Waals surface area (Å²) in [6.45, 7) is 4.37. The van der Waals surface area contributed by atoms with Crippen LogP contribution in [0, 0.1) is 0 Å². The van der Waals surface area contributed by atoms with Crippen LogP contribution in [-0.2, 0) is 33.1 Å². The summed E-state index contributed by atoms with van der Waals surface area (Å²) in [7, 11) is -9.32. The molecule has 0 spiro atoms. The van der Waals surface area contributed by atoms with Crippen molar-refractivity contribution in [1.29, 1.82) is 0 Å². The van der Waals surface area contributed by atoms with Gasteiger partial charge in [0, 0.05) is 0 Å². The van der Waals surface area contributed by atoms with Gasteiger partial charge in [-0.3, -0.25) is 4.55 Å². The largest absolute Gasteiger partial charge is 2.00 e. The Morgan fingerprint density at radius 2 is 0.945 bits per heavy atom. The van der Waals surface area contributed by atoms with E-state index in [1.807, 2.05) is 0 Å².